The molecule has 1 heterocycles. The summed E-state index contributed by atoms with van der Waals surface area (Å²) in [7, 11) is 1.67. The van der Waals surface area contributed by atoms with E-state index in [-0.39, 0.29) is 0 Å². The fourth-order valence-electron chi connectivity index (χ4n) is 2.59. The van der Waals surface area contributed by atoms with Crippen molar-refractivity contribution in [2.45, 2.75) is 12.8 Å². The molecule has 0 amide bonds. The van der Waals surface area contributed by atoms with Gasteiger partial charge in [-0.1, -0.05) is 30.3 Å². The van der Waals surface area contributed by atoms with Crippen molar-refractivity contribution in [1.29, 1.82) is 0 Å². The Balaban J connectivity index is 2.00. The Labute approximate surface area is 136 Å². The predicted octanol–water partition coefficient (Wildman–Crippen LogP) is 3.64. The summed E-state index contributed by atoms with van der Waals surface area (Å²) in [5.74, 6) is 1.74. The third kappa shape index (κ3) is 3.43. The first-order valence-corrected chi connectivity index (χ1v) is 7.80. The van der Waals surface area contributed by atoms with Crippen molar-refractivity contribution in [3.05, 3.63) is 60.3 Å². The summed E-state index contributed by atoms with van der Waals surface area (Å²) < 4.78 is 5.23. The highest BCUT2D eigenvalue weighted by Crippen LogP contribution is 2.28. The van der Waals surface area contributed by atoms with Crippen molar-refractivity contribution in [3.8, 4) is 28.4 Å². The van der Waals surface area contributed by atoms with Crippen LogP contribution in [0.25, 0.3) is 22.6 Å². The first kappa shape index (κ1) is 15.3. The number of methoxy groups -OCH3 is 1. The topological polar surface area (TPSA) is 63.9 Å². The Morgan fingerprint density at radius 2 is 1.74 bits per heavy atom. The van der Waals surface area contributed by atoms with Crippen molar-refractivity contribution in [1.82, 2.24) is 9.97 Å². The lowest BCUT2D eigenvalue weighted by molar-refractivity contribution is 0.415. The van der Waals surface area contributed by atoms with Gasteiger partial charge in [-0.15, -0.1) is 0 Å². The van der Waals surface area contributed by atoms with Crippen molar-refractivity contribution < 1.29 is 4.74 Å². The third-order valence-corrected chi connectivity index (χ3v) is 3.82. The normalized spacial score (nSPS) is 10.7. The number of ether oxygens (including phenoxy) is 1. The number of nitrogens with one attached hydrogen (secondary N) is 1. The summed E-state index contributed by atoms with van der Waals surface area (Å²) in [6, 6.07) is 18.2. The van der Waals surface area contributed by atoms with Crippen molar-refractivity contribution in [2.75, 3.05) is 13.7 Å². The lowest BCUT2D eigenvalue weighted by atomic mass is 10.1. The van der Waals surface area contributed by atoms with Gasteiger partial charge in [0.15, 0.2) is 0 Å². The number of hydrogen-bond acceptors (Lipinski definition) is 3. The Morgan fingerprint density at radius 1 is 1.00 bits per heavy atom. The summed E-state index contributed by atoms with van der Waals surface area (Å²) in [6.45, 7) is 0.662. The number of hydrogen-bond donors (Lipinski definition) is 2. The maximum atomic E-state index is 5.67. The molecule has 0 atom stereocenters. The van der Waals surface area contributed by atoms with Crippen LogP contribution in [0.2, 0.25) is 0 Å². The Kier molecular flexibility index (Phi) is 4.74. The molecule has 0 aliphatic rings. The molecule has 0 saturated carbocycles. The van der Waals surface area contributed by atoms with Gasteiger partial charge in [-0.05, 0) is 43.7 Å². The van der Waals surface area contributed by atoms with Crippen LogP contribution in [-0.2, 0) is 6.42 Å². The number of aromatic nitrogens is 2. The van der Waals surface area contributed by atoms with Crippen molar-refractivity contribution >= 4 is 0 Å². The van der Waals surface area contributed by atoms with Gasteiger partial charge in [0.25, 0.3) is 0 Å². The molecule has 0 unspecified atom stereocenters. The van der Waals surface area contributed by atoms with E-state index in [0.717, 1.165) is 46.9 Å². The Morgan fingerprint density at radius 3 is 2.39 bits per heavy atom. The van der Waals surface area contributed by atoms with Crippen LogP contribution in [-0.4, -0.2) is 23.6 Å². The standard InChI is InChI=1S/C19H21N3O/c1-23-16-11-9-14(10-12-16)18-17(8-5-13-20)21-19(22-18)15-6-3-2-4-7-15/h2-4,6-7,9-12H,5,8,13,20H2,1H3,(H,21,22). The zero-order chi connectivity index (χ0) is 16.1. The number of imidazole rings is 1. The number of rotatable bonds is 6. The Bertz CT molecular complexity index is 748. The summed E-state index contributed by atoms with van der Waals surface area (Å²) in [5, 5.41) is 0. The average Bonchev–Trinajstić information content (AvgIpc) is 3.05. The molecule has 0 spiro atoms. The van der Waals surface area contributed by atoms with Crippen LogP contribution in [0.1, 0.15) is 12.1 Å². The van der Waals surface area contributed by atoms with E-state index in [0.29, 0.717) is 6.54 Å². The number of benzene rings is 2. The van der Waals surface area contributed by atoms with Gasteiger partial charge in [0.1, 0.15) is 11.6 Å². The number of nitrogens with zero attached hydrogens (tertiary/aromatic N) is 1. The van der Waals surface area contributed by atoms with E-state index in [4.69, 9.17) is 15.5 Å². The van der Waals surface area contributed by atoms with Crippen LogP contribution in [0.15, 0.2) is 54.6 Å². The summed E-state index contributed by atoms with van der Waals surface area (Å²) in [4.78, 5) is 8.26. The molecule has 23 heavy (non-hydrogen) atoms. The van der Waals surface area contributed by atoms with Crippen molar-refractivity contribution in [3.63, 3.8) is 0 Å². The molecule has 3 rings (SSSR count). The zero-order valence-electron chi connectivity index (χ0n) is 13.3. The fourth-order valence-corrected chi connectivity index (χ4v) is 2.59. The van der Waals surface area contributed by atoms with Crippen molar-refractivity contribution in [2.24, 2.45) is 5.73 Å². The molecule has 0 saturated heterocycles. The SMILES string of the molecule is COc1ccc(-c2[nH]c(-c3ccccc3)nc2CCCN)cc1. The highest BCUT2D eigenvalue weighted by molar-refractivity contribution is 5.68. The van der Waals surface area contributed by atoms with Gasteiger partial charge in [0.05, 0.1) is 18.5 Å². The maximum absolute atomic E-state index is 5.67. The first-order chi connectivity index (χ1) is 11.3. The van der Waals surface area contributed by atoms with E-state index in [9.17, 15) is 0 Å². The van der Waals surface area contributed by atoms with Gasteiger partial charge in [0, 0.05) is 11.1 Å². The van der Waals surface area contributed by atoms with Crippen LogP contribution >= 0.6 is 0 Å². The molecule has 0 fully saturated rings. The van der Waals surface area contributed by atoms with Gasteiger partial charge in [-0.2, -0.15) is 0 Å². The lowest BCUT2D eigenvalue weighted by Crippen LogP contribution is -2.01. The van der Waals surface area contributed by atoms with E-state index in [2.05, 4.69) is 17.1 Å². The van der Waals surface area contributed by atoms with E-state index >= 15 is 0 Å². The molecule has 0 aliphatic carbocycles. The molecule has 1 aromatic heterocycles. The quantitative estimate of drug-likeness (QED) is 0.730. The second kappa shape index (κ2) is 7.11. The molecule has 0 radical (unpaired) electrons. The van der Waals surface area contributed by atoms with Gasteiger partial charge in [0.2, 0.25) is 0 Å². The molecule has 4 heteroatoms. The lowest BCUT2D eigenvalue weighted by Gasteiger charge is -2.04. The number of aromatic amines is 1. The summed E-state index contributed by atoms with van der Waals surface area (Å²) >= 11 is 0. The summed E-state index contributed by atoms with van der Waals surface area (Å²) in [6.07, 6.45) is 1.78. The number of nitrogens with two attached hydrogens (primary N) is 1. The maximum Gasteiger partial charge on any atom is 0.138 e. The minimum Gasteiger partial charge on any atom is -0.497 e. The molecule has 4 nitrogen and oxygen atoms in total. The predicted molar refractivity (Wildman–Crippen MR) is 93.4 cm³/mol. The van der Waals surface area contributed by atoms with Gasteiger partial charge < -0.3 is 15.5 Å². The Hall–Kier alpha value is -2.59. The molecule has 3 aromatic rings. The van der Waals surface area contributed by atoms with Crippen LogP contribution in [0.4, 0.5) is 0 Å². The second-order valence-corrected chi connectivity index (χ2v) is 5.39. The third-order valence-electron chi connectivity index (χ3n) is 3.82. The molecule has 118 valence electrons. The average molecular weight is 307 g/mol. The molecular formula is C19H21N3O. The molecular weight excluding hydrogens is 286 g/mol. The number of aryl methyl sites for hydroxylation is 1. The van der Waals surface area contributed by atoms with Crippen LogP contribution < -0.4 is 10.5 Å². The summed E-state index contributed by atoms with van der Waals surface area (Å²) in [5.41, 5.74) is 9.97. The van der Waals surface area contributed by atoms with Gasteiger partial charge >= 0.3 is 0 Å². The van der Waals surface area contributed by atoms with Gasteiger partial charge in [-0.3, -0.25) is 0 Å². The molecule has 2 aromatic carbocycles. The zero-order valence-corrected chi connectivity index (χ0v) is 13.3. The van der Waals surface area contributed by atoms with Crippen LogP contribution in [0.5, 0.6) is 5.75 Å². The largest absolute Gasteiger partial charge is 0.497 e. The second-order valence-electron chi connectivity index (χ2n) is 5.39. The monoisotopic (exact) mass is 307 g/mol. The van der Waals surface area contributed by atoms with Crippen LogP contribution in [0, 0.1) is 0 Å². The minimum atomic E-state index is 0.662. The highest BCUT2D eigenvalue weighted by Gasteiger charge is 2.13. The van der Waals surface area contributed by atoms with Gasteiger partial charge in [-0.25, -0.2) is 4.98 Å². The minimum absolute atomic E-state index is 0.662. The van der Waals surface area contributed by atoms with E-state index < -0.39 is 0 Å². The molecule has 0 bridgehead atoms. The van der Waals surface area contributed by atoms with Crippen LogP contribution in [0.3, 0.4) is 0 Å². The smallest absolute Gasteiger partial charge is 0.138 e. The molecule has 0 aliphatic heterocycles. The molecule has 3 N–H and O–H groups in total. The van der Waals surface area contributed by atoms with E-state index in [1.165, 1.54) is 0 Å². The first-order valence-electron chi connectivity index (χ1n) is 7.80. The van der Waals surface area contributed by atoms with E-state index in [1.807, 2.05) is 42.5 Å². The fraction of sp³-hybridized carbons (Fsp3) is 0.211. The highest BCUT2D eigenvalue weighted by atomic mass is 16.5. The number of H-pyrrole nitrogens is 1. The van der Waals surface area contributed by atoms with E-state index in [1.54, 1.807) is 7.11 Å².